The fourth-order valence-electron chi connectivity index (χ4n) is 3.99. The van der Waals surface area contributed by atoms with Crippen LogP contribution in [0.3, 0.4) is 0 Å². The highest BCUT2D eigenvalue weighted by molar-refractivity contribution is 6.04. The summed E-state index contributed by atoms with van der Waals surface area (Å²) in [5, 5.41) is 2.98. The van der Waals surface area contributed by atoms with Crippen LogP contribution < -0.4 is 10.2 Å². The monoisotopic (exact) mass is 449 g/mol. The molecular weight excluding hydrogens is 421 g/mol. The SMILES string of the molecule is O=C(Cc1ccc(N(Cc2ccc(F)cc2)C(=O)c2ccco2)cc1)NCCN1CCCC1. The van der Waals surface area contributed by atoms with Crippen molar-refractivity contribution in [1.29, 1.82) is 0 Å². The van der Waals surface area contributed by atoms with Gasteiger partial charge < -0.3 is 19.5 Å². The van der Waals surface area contributed by atoms with Crippen molar-refractivity contribution in [2.24, 2.45) is 0 Å². The fraction of sp³-hybridized carbons (Fsp3) is 0.308. The average Bonchev–Trinajstić information content (AvgIpc) is 3.54. The number of hydrogen-bond donors (Lipinski definition) is 1. The maximum absolute atomic E-state index is 13.3. The van der Waals surface area contributed by atoms with Crippen LogP contribution in [-0.4, -0.2) is 42.9 Å². The zero-order valence-corrected chi connectivity index (χ0v) is 18.5. The third-order valence-corrected chi connectivity index (χ3v) is 5.79. The molecule has 4 rings (SSSR count). The maximum atomic E-state index is 13.3. The number of amides is 2. The van der Waals surface area contributed by atoms with Crippen molar-refractivity contribution in [2.75, 3.05) is 31.1 Å². The summed E-state index contributed by atoms with van der Waals surface area (Å²) in [6, 6.07) is 16.7. The van der Waals surface area contributed by atoms with Gasteiger partial charge in [0.15, 0.2) is 5.76 Å². The number of benzene rings is 2. The Kier molecular flexibility index (Phi) is 7.52. The van der Waals surface area contributed by atoms with E-state index in [-0.39, 0.29) is 36.4 Å². The summed E-state index contributed by atoms with van der Waals surface area (Å²) in [7, 11) is 0. The standard InChI is InChI=1S/C26H28FN3O3/c27-22-9-5-21(6-10-22)19-30(26(32)24-4-3-17-33-24)23-11-7-20(8-12-23)18-25(31)28-13-16-29-14-1-2-15-29/h3-12,17H,1-2,13-16,18-19H2,(H,28,31). The Bertz CT molecular complexity index is 1040. The van der Waals surface area contributed by atoms with E-state index in [1.165, 1.54) is 31.2 Å². The lowest BCUT2D eigenvalue weighted by Gasteiger charge is -2.22. The van der Waals surface area contributed by atoms with Crippen LogP contribution in [0.25, 0.3) is 0 Å². The zero-order valence-electron chi connectivity index (χ0n) is 18.5. The van der Waals surface area contributed by atoms with E-state index in [9.17, 15) is 14.0 Å². The Morgan fingerprint density at radius 2 is 1.67 bits per heavy atom. The molecule has 33 heavy (non-hydrogen) atoms. The minimum Gasteiger partial charge on any atom is -0.459 e. The smallest absolute Gasteiger partial charge is 0.294 e. The molecule has 7 heteroatoms. The molecule has 0 spiro atoms. The largest absolute Gasteiger partial charge is 0.459 e. The number of nitrogens with one attached hydrogen (secondary N) is 1. The fourth-order valence-corrected chi connectivity index (χ4v) is 3.99. The summed E-state index contributed by atoms with van der Waals surface area (Å²) in [6.07, 6.45) is 4.21. The van der Waals surface area contributed by atoms with E-state index in [1.54, 1.807) is 29.2 Å². The second-order valence-electron chi connectivity index (χ2n) is 8.24. The van der Waals surface area contributed by atoms with Gasteiger partial charge in [-0.3, -0.25) is 9.59 Å². The quantitative estimate of drug-likeness (QED) is 0.536. The maximum Gasteiger partial charge on any atom is 0.294 e. The number of rotatable bonds is 9. The van der Waals surface area contributed by atoms with Crippen molar-refractivity contribution < 1.29 is 18.4 Å². The Morgan fingerprint density at radius 1 is 0.970 bits per heavy atom. The third-order valence-electron chi connectivity index (χ3n) is 5.79. The van der Waals surface area contributed by atoms with Crippen molar-refractivity contribution in [1.82, 2.24) is 10.2 Å². The first-order chi connectivity index (χ1) is 16.1. The minimum absolute atomic E-state index is 0.0169. The van der Waals surface area contributed by atoms with Gasteiger partial charge in [-0.1, -0.05) is 24.3 Å². The highest BCUT2D eigenvalue weighted by atomic mass is 19.1. The molecule has 1 aliphatic rings. The highest BCUT2D eigenvalue weighted by Gasteiger charge is 2.21. The molecule has 1 fully saturated rings. The predicted molar refractivity (Wildman–Crippen MR) is 124 cm³/mol. The third kappa shape index (κ3) is 6.29. The number of likely N-dealkylation sites (tertiary alicyclic amines) is 1. The molecule has 2 amide bonds. The van der Waals surface area contributed by atoms with Gasteiger partial charge in [0.05, 0.1) is 19.2 Å². The molecule has 1 saturated heterocycles. The molecule has 2 aromatic carbocycles. The van der Waals surface area contributed by atoms with Crippen LogP contribution in [0.4, 0.5) is 10.1 Å². The first-order valence-electron chi connectivity index (χ1n) is 11.3. The highest BCUT2D eigenvalue weighted by Crippen LogP contribution is 2.22. The van der Waals surface area contributed by atoms with E-state index in [4.69, 9.17) is 4.42 Å². The molecule has 6 nitrogen and oxygen atoms in total. The van der Waals surface area contributed by atoms with Gasteiger partial charge in [0.1, 0.15) is 5.82 Å². The minimum atomic E-state index is -0.328. The van der Waals surface area contributed by atoms with Gasteiger partial charge in [0.2, 0.25) is 5.91 Å². The van der Waals surface area contributed by atoms with E-state index in [0.717, 1.165) is 30.8 Å². The number of furan rings is 1. The lowest BCUT2D eigenvalue weighted by molar-refractivity contribution is -0.120. The van der Waals surface area contributed by atoms with Crippen LogP contribution in [-0.2, 0) is 17.8 Å². The van der Waals surface area contributed by atoms with Gasteiger partial charge in [0.25, 0.3) is 5.91 Å². The van der Waals surface area contributed by atoms with Gasteiger partial charge in [-0.2, -0.15) is 0 Å². The van der Waals surface area contributed by atoms with E-state index >= 15 is 0 Å². The van der Waals surface area contributed by atoms with Crippen molar-refractivity contribution in [3.63, 3.8) is 0 Å². The normalized spacial score (nSPS) is 13.7. The van der Waals surface area contributed by atoms with Gasteiger partial charge in [0, 0.05) is 18.8 Å². The van der Waals surface area contributed by atoms with Crippen molar-refractivity contribution in [3.05, 3.63) is 89.6 Å². The van der Waals surface area contributed by atoms with Crippen LogP contribution in [0.2, 0.25) is 0 Å². The zero-order chi connectivity index (χ0) is 23.0. The Morgan fingerprint density at radius 3 is 2.33 bits per heavy atom. The average molecular weight is 450 g/mol. The van der Waals surface area contributed by atoms with E-state index in [2.05, 4.69) is 10.2 Å². The summed E-state index contributed by atoms with van der Waals surface area (Å²) in [5.41, 5.74) is 2.32. The molecule has 172 valence electrons. The topological polar surface area (TPSA) is 65.8 Å². The van der Waals surface area contributed by atoms with Gasteiger partial charge in [-0.05, 0) is 73.5 Å². The Balaban J connectivity index is 1.40. The van der Waals surface area contributed by atoms with Gasteiger partial charge >= 0.3 is 0 Å². The lowest BCUT2D eigenvalue weighted by Crippen LogP contribution is -2.34. The summed E-state index contributed by atoms with van der Waals surface area (Å²) < 4.78 is 18.6. The molecule has 1 aliphatic heterocycles. The summed E-state index contributed by atoms with van der Waals surface area (Å²) in [5.74, 6) is -0.419. The van der Waals surface area contributed by atoms with Crippen LogP contribution in [0.5, 0.6) is 0 Å². The van der Waals surface area contributed by atoms with Crippen LogP contribution in [0.1, 0.15) is 34.5 Å². The first kappa shape index (κ1) is 22.7. The predicted octanol–water partition coefficient (Wildman–Crippen LogP) is 4.02. The van der Waals surface area contributed by atoms with Crippen molar-refractivity contribution >= 4 is 17.5 Å². The molecule has 0 aliphatic carbocycles. The van der Waals surface area contributed by atoms with Crippen LogP contribution in [0, 0.1) is 5.82 Å². The van der Waals surface area contributed by atoms with Crippen LogP contribution in [0.15, 0.2) is 71.3 Å². The number of halogens is 1. The Hall–Kier alpha value is -3.45. The summed E-state index contributed by atoms with van der Waals surface area (Å²) in [4.78, 5) is 29.3. The van der Waals surface area contributed by atoms with E-state index < -0.39 is 0 Å². The second-order valence-corrected chi connectivity index (χ2v) is 8.24. The lowest BCUT2D eigenvalue weighted by atomic mass is 10.1. The molecule has 0 unspecified atom stereocenters. The van der Waals surface area contributed by atoms with E-state index in [0.29, 0.717) is 12.2 Å². The van der Waals surface area contributed by atoms with Crippen LogP contribution >= 0.6 is 0 Å². The molecule has 0 atom stereocenters. The van der Waals surface area contributed by atoms with Crippen molar-refractivity contribution in [2.45, 2.75) is 25.8 Å². The summed E-state index contributed by atoms with van der Waals surface area (Å²) in [6.45, 7) is 4.03. The molecule has 0 saturated carbocycles. The molecule has 1 N–H and O–H groups in total. The summed E-state index contributed by atoms with van der Waals surface area (Å²) >= 11 is 0. The molecule has 0 radical (unpaired) electrons. The molecule has 0 bridgehead atoms. The number of carbonyl (C=O) groups is 2. The first-order valence-corrected chi connectivity index (χ1v) is 11.3. The number of carbonyl (C=O) groups excluding carboxylic acids is 2. The molecule has 3 aromatic rings. The van der Waals surface area contributed by atoms with Crippen molar-refractivity contribution in [3.8, 4) is 0 Å². The second kappa shape index (κ2) is 10.9. The molecule has 2 heterocycles. The number of hydrogen-bond acceptors (Lipinski definition) is 4. The Labute approximate surface area is 193 Å². The molecular formula is C26H28FN3O3. The van der Waals surface area contributed by atoms with E-state index in [1.807, 2.05) is 24.3 Å². The number of anilines is 1. The van der Waals surface area contributed by atoms with Gasteiger partial charge in [-0.25, -0.2) is 4.39 Å². The molecule has 1 aromatic heterocycles. The number of nitrogens with zero attached hydrogens (tertiary/aromatic N) is 2. The van der Waals surface area contributed by atoms with Gasteiger partial charge in [-0.15, -0.1) is 0 Å².